The Balaban J connectivity index is 1.56. The molecule has 0 spiro atoms. The molecule has 0 aliphatic carbocycles. The van der Waals surface area contributed by atoms with E-state index in [2.05, 4.69) is 15.1 Å². The van der Waals surface area contributed by atoms with Crippen molar-refractivity contribution >= 4 is 23.5 Å². The summed E-state index contributed by atoms with van der Waals surface area (Å²) in [6, 6.07) is 8.13. The molecule has 1 aromatic heterocycles. The van der Waals surface area contributed by atoms with Crippen molar-refractivity contribution in [3.8, 4) is 0 Å². The number of hydrogen-bond acceptors (Lipinski definition) is 8. The molecule has 9 heteroatoms. The van der Waals surface area contributed by atoms with Crippen molar-refractivity contribution < 1.29 is 28.3 Å². The molecule has 3 rings (SSSR count). The molecule has 2 heterocycles. The van der Waals surface area contributed by atoms with Crippen molar-refractivity contribution in [3.63, 3.8) is 0 Å². The van der Waals surface area contributed by atoms with Gasteiger partial charge >= 0.3 is 11.9 Å². The lowest BCUT2D eigenvalue weighted by Crippen LogP contribution is -2.48. The van der Waals surface area contributed by atoms with Crippen LogP contribution >= 0.6 is 0 Å². The maximum Gasteiger partial charge on any atom is 0.337 e. The van der Waals surface area contributed by atoms with Crippen LogP contribution in [-0.4, -0.2) is 74.6 Å². The van der Waals surface area contributed by atoms with Gasteiger partial charge in [0.15, 0.2) is 0 Å². The van der Waals surface area contributed by atoms with Crippen LogP contribution in [0.5, 0.6) is 0 Å². The SMILES string of the molecule is COC(=O)c1cc(NC(=O)CN2CCN(Cc3ccco3)CC2)cc(C(=O)OC)c1. The van der Waals surface area contributed by atoms with Gasteiger partial charge in [-0.2, -0.15) is 0 Å². The molecule has 0 unspecified atom stereocenters. The monoisotopic (exact) mass is 415 g/mol. The second-order valence-electron chi connectivity index (χ2n) is 6.96. The number of hydrogen-bond donors (Lipinski definition) is 1. The summed E-state index contributed by atoms with van der Waals surface area (Å²) >= 11 is 0. The van der Waals surface area contributed by atoms with Crippen LogP contribution in [0.2, 0.25) is 0 Å². The van der Waals surface area contributed by atoms with E-state index >= 15 is 0 Å². The number of anilines is 1. The first kappa shape index (κ1) is 21.5. The number of rotatable bonds is 7. The van der Waals surface area contributed by atoms with Gasteiger partial charge in [0.05, 0.1) is 44.7 Å². The smallest absolute Gasteiger partial charge is 0.337 e. The maximum atomic E-state index is 12.5. The lowest BCUT2D eigenvalue weighted by Gasteiger charge is -2.33. The predicted molar refractivity (Wildman–Crippen MR) is 108 cm³/mol. The molecule has 1 amide bonds. The third-order valence-corrected chi connectivity index (χ3v) is 4.85. The van der Waals surface area contributed by atoms with Crippen LogP contribution < -0.4 is 5.32 Å². The molecule has 0 atom stereocenters. The number of methoxy groups -OCH3 is 2. The topological polar surface area (TPSA) is 101 Å². The van der Waals surface area contributed by atoms with Crippen LogP contribution in [0.3, 0.4) is 0 Å². The molecule has 0 radical (unpaired) electrons. The lowest BCUT2D eigenvalue weighted by atomic mass is 10.1. The Hall–Kier alpha value is -3.17. The van der Waals surface area contributed by atoms with Crippen LogP contribution in [0, 0.1) is 0 Å². The Kier molecular flexibility index (Phi) is 7.21. The molecule has 160 valence electrons. The Labute approximate surface area is 174 Å². The number of carbonyl (C=O) groups is 3. The molecular weight excluding hydrogens is 390 g/mol. The van der Waals surface area contributed by atoms with E-state index < -0.39 is 11.9 Å². The summed E-state index contributed by atoms with van der Waals surface area (Å²) in [4.78, 5) is 40.6. The number of esters is 2. The van der Waals surface area contributed by atoms with Gasteiger partial charge in [0.2, 0.25) is 5.91 Å². The van der Waals surface area contributed by atoms with E-state index in [-0.39, 0.29) is 23.6 Å². The van der Waals surface area contributed by atoms with Crippen molar-refractivity contribution in [1.29, 1.82) is 0 Å². The van der Waals surface area contributed by atoms with Gasteiger partial charge in [0, 0.05) is 31.9 Å². The molecule has 0 bridgehead atoms. The summed E-state index contributed by atoms with van der Waals surface area (Å²) in [6.45, 7) is 4.14. The highest BCUT2D eigenvalue weighted by Gasteiger charge is 2.20. The summed E-state index contributed by atoms with van der Waals surface area (Å²) in [5, 5.41) is 2.75. The minimum absolute atomic E-state index is 0.155. The van der Waals surface area contributed by atoms with Crippen LogP contribution in [0.4, 0.5) is 5.69 Å². The first-order valence-electron chi connectivity index (χ1n) is 9.57. The number of carbonyl (C=O) groups excluding carboxylic acids is 3. The van der Waals surface area contributed by atoms with Crippen molar-refractivity contribution in [3.05, 3.63) is 53.5 Å². The summed E-state index contributed by atoms with van der Waals surface area (Å²) in [5.41, 5.74) is 0.643. The number of nitrogens with one attached hydrogen (secondary N) is 1. The highest BCUT2D eigenvalue weighted by atomic mass is 16.5. The average Bonchev–Trinajstić information content (AvgIpc) is 3.26. The standard InChI is InChI=1S/C21H25N3O6/c1-28-20(26)15-10-16(21(27)29-2)12-17(11-15)22-19(25)14-24-7-5-23(6-8-24)13-18-4-3-9-30-18/h3-4,9-12H,5-8,13-14H2,1-2H3,(H,22,25). The number of amides is 1. The molecule has 30 heavy (non-hydrogen) atoms. The molecule has 1 saturated heterocycles. The van der Waals surface area contributed by atoms with Gasteiger partial charge in [-0.05, 0) is 30.3 Å². The van der Waals surface area contributed by atoms with E-state index in [1.54, 1.807) is 6.26 Å². The maximum absolute atomic E-state index is 12.5. The summed E-state index contributed by atoms with van der Waals surface area (Å²) in [5.74, 6) is -0.520. The van der Waals surface area contributed by atoms with Crippen molar-refractivity contribution in [2.45, 2.75) is 6.54 Å². The second kappa shape index (κ2) is 10.0. The van der Waals surface area contributed by atoms with Crippen LogP contribution in [0.15, 0.2) is 41.0 Å². The number of ether oxygens (including phenoxy) is 2. The van der Waals surface area contributed by atoms with Crippen molar-refractivity contribution in [2.24, 2.45) is 0 Å². The number of piperazine rings is 1. The molecule has 0 saturated carbocycles. The van der Waals surface area contributed by atoms with Crippen LogP contribution in [0.25, 0.3) is 0 Å². The normalized spacial score (nSPS) is 14.9. The number of furan rings is 1. The quantitative estimate of drug-likeness (QED) is 0.681. The van der Waals surface area contributed by atoms with E-state index in [1.165, 1.54) is 32.4 Å². The zero-order valence-electron chi connectivity index (χ0n) is 17.1. The molecular formula is C21H25N3O6. The molecule has 1 aliphatic heterocycles. The third-order valence-electron chi connectivity index (χ3n) is 4.85. The molecule has 9 nitrogen and oxygen atoms in total. The summed E-state index contributed by atoms with van der Waals surface area (Å²) in [7, 11) is 2.49. The fraction of sp³-hybridized carbons (Fsp3) is 0.381. The Morgan fingerprint density at radius 1 is 0.967 bits per heavy atom. The van der Waals surface area contributed by atoms with E-state index in [9.17, 15) is 14.4 Å². The lowest BCUT2D eigenvalue weighted by molar-refractivity contribution is -0.117. The third kappa shape index (κ3) is 5.68. The second-order valence-corrected chi connectivity index (χ2v) is 6.96. The summed E-state index contributed by atoms with van der Waals surface area (Å²) < 4.78 is 14.8. The first-order valence-corrected chi connectivity index (χ1v) is 9.57. The first-order chi connectivity index (χ1) is 14.5. The molecule has 1 N–H and O–H groups in total. The van der Waals surface area contributed by atoms with Gasteiger partial charge in [0.25, 0.3) is 0 Å². The average molecular weight is 415 g/mol. The fourth-order valence-electron chi connectivity index (χ4n) is 3.30. The van der Waals surface area contributed by atoms with E-state index in [4.69, 9.17) is 13.9 Å². The van der Waals surface area contributed by atoms with Crippen LogP contribution in [0.1, 0.15) is 26.5 Å². The molecule has 2 aromatic rings. The van der Waals surface area contributed by atoms with Gasteiger partial charge in [0.1, 0.15) is 5.76 Å². The highest BCUT2D eigenvalue weighted by Crippen LogP contribution is 2.17. The minimum atomic E-state index is -0.607. The zero-order chi connectivity index (χ0) is 21.5. The fourth-order valence-corrected chi connectivity index (χ4v) is 3.30. The van der Waals surface area contributed by atoms with Crippen molar-refractivity contribution in [2.75, 3.05) is 52.3 Å². The van der Waals surface area contributed by atoms with Gasteiger partial charge in [-0.1, -0.05) is 0 Å². The van der Waals surface area contributed by atoms with E-state index in [1.807, 2.05) is 12.1 Å². The zero-order valence-corrected chi connectivity index (χ0v) is 17.1. The van der Waals surface area contributed by atoms with E-state index in [0.717, 1.165) is 38.5 Å². The number of nitrogens with zero attached hydrogens (tertiary/aromatic N) is 2. The van der Waals surface area contributed by atoms with Crippen molar-refractivity contribution in [1.82, 2.24) is 9.80 Å². The van der Waals surface area contributed by atoms with Crippen LogP contribution in [-0.2, 0) is 20.8 Å². The largest absolute Gasteiger partial charge is 0.468 e. The molecule has 1 aliphatic rings. The Morgan fingerprint density at radius 2 is 1.57 bits per heavy atom. The number of benzene rings is 1. The highest BCUT2D eigenvalue weighted by molar-refractivity contribution is 5.99. The molecule has 1 fully saturated rings. The minimum Gasteiger partial charge on any atom is -0.468 e. The van der Waals surface area contributed by atoms with E-state index in [0.29, 0.717) is 5.69 Å². The van der Waals surface area contributed by atoms with Gasteiger partial charge in [-0.25, -0.2) is 9.59 Å². The Bertz CT molecular complexity index is 854. The molecule has 1 aromatic carbocycles. The Morgan fingerprint density at radius 3 is 2.10 bits per heavy atom. The van der Waals surface area contributed by atoms with Gasteiger partial charge in [-0.15, -0.1) is 0 Å². The van der Waals surface area contributed by atoms with Gasteiger partial charge < -0.3 is 19.2 Å². The predicted octanol–water partition coefficient (Wildman–Crippen LogP) is 1.61. The van der Waals surface area contributed by atoms with Gasteiger partial charge in [-0.3, -0.25) is 14.6 Å². The summed E-state index contributed by atoms with van der Waals surface area (Å²) in [6.07, 6.45) is 1.66.